The summed E-state index contributed by atoms with van der Waals surface area (Å²) in [4.78, 5) is 12.0. The number of carbonyl (C=O) groups is 1. The van der Waals surface area contributed by atoms with Crippen molar-refractivity contribution in [2.24, 2.45) is 0 Å². The average molecular weight is 368 g/mol. The number of hydrogen-bond acceptors (Lipinski definition) is 5. The molecule has 0 spiro atoms. The van der Waals surface area contributed by atoms with Gasteiger partial charge in [-0.15, -0.1) is 10.2 Å². The van der Waals surface area contributed by atoms with Gasteiger partial charge in [-0.3, -0.25) is 9.36 Å². The predicted molar refractivity (Wildman–Crippen MR) is 86.2 cm³/mol. The van der Waals surface area contributed by atoms with Crippen LogP contribution in [0.5, 0.6) is 0 Å². The molecule has 0 unspecified atom stereocenters. The molecule has 0 atom stereocenters. The molecule has 0 bridgehead atoms. The Morgan fingerprint density at radius 1 is 1.43 bits per heavy atom. The molecule has 1 aromatic carbocycles. The van der Waals surface area contributed by atoms with E-state index in [1.165, 1.54) is 11.8 Å². The number of halogens is 1. The van der Waals surface area contributed by atoms with Gasteiger partial charge < -0.3 is 11.1 Å². The maximum atomic E-state index is 12.0. The summed E-state index contributed by atoms with van der Waals surface area (Å²) in [5.74, 6) is 0.605. The molecule has 1 fully saturated rings. The molecule has 0 aliphatic heterocycles. The van der Waals surface area contributed by atoms with Gasteiger partial charge in [0.05, 0.1) is 11.4 Å². The standard InChI is InChI=1S/C13H14BrN5OS/c14-9-3-1-2-4-10(9)16-11(20)7-21-13-18-17-12(15)19(13)8-5-6-8/h1-4,8H,5-7H2,(H2,15,17)(H,16,20). The number of nitrogens with zero attached hydrogens (tertiary/aromatic N) is 3. The van der Waals surface area contributed by atoms with Gasteiger partial charge in [-0.25, -0.2) is 0 Å². The Balaban J connectivity index is 1.60. The third-order valence-electron chi connectivity index (χ3n) is 3.08. The highest BCUT2D eigenvalue weighted by Crippen LogP contribution is 2.39. The van der Waals surface area contributed by atoms with Crippen LogP contribution in [0, 0.1) is 0 Å². The minimum Gasteiger partial charge on any atom is -0.368 e. The second-order valence-electron chi connectivity index (χ2n) is 4.76. The highest BCUT2D eigenvalue weighted by Gasteiger charge is 2.29. The monoisotopic (exact) mass is 367 g/mol. The Morgan fingerprint density at radius 3 is 2.90 bits per heavy atom. The lowest BCUT2D eigenvalue weighted by molar-refractivity contribution is -0.113. The first-order chi connectivity index (χ1) is 10.1. The molecule has 1 saturated carbocycles. The molecule has 1 aromatic heterocycles. The van der Waals surface area contributed by atoms with Crippen LogP contribution in [0.25, 0.3) is 0 Å². The zero-order chi connectivity index (χ0) is 14.8. The van der Waals surface area contributed by atoms with E-state index in [2.05, 4.69) is 31.4 Å². The van der Waals surface area contributed by atoms with Crippen molar-refractivity contribution in [3.63, 3.8) is 0 Å². The van der Waals surface area contributed by atoms with Crippen LogP contribution in [-0.4, -0.2) is 26.4 Å². The molecule has 1 amide bonds. The maximum Gasteiger partial charge on any atom is 0.234 e. The molecule has 110 valence electrons. The van der Waals surface area contributed by atoms with Crippen molar-refractivity contribution >= 4 is 45.2 Å². The molecule has 8 heteroatoms. The fourth-order valence-corrected chi connectivity index (χ4v) is 3.14. The van der Waals surface area contributed by atoms with E-state index < -0.39 is 0 Å². The molecule has 0 saturated heterocycles. The summed E-state index contributed by atoms with van der Waals surface area (Å²) in [7, 11) is 0. The number of aromatic nitrogens is 3. The van der Waals surface area contributed by atoms with E-state index in [0.717, 1.165) is 23.0 Å². The summed E-state index contributed by atoms with van der Waals surface area (Å²) in [5.41, 5.74) is 6.56. The zero-order valence-electron chi connectivity index (χ0n) is 11.1. The van der Waals surface area contributed by atoms with Gasteiger partial charge in [0.15, 0.2) is 5.16 Å². The number of nitrogens with two attached hydrogens (primary N) is 1. The lowest BCUT2D eigenvalue weighted by Gasteiger charge is -2.08. The van der Waals surface area contributed by atoms with Crippen molar-refractivity contribution in [3.05, 3.63) is 28.7 Å². The van der Waals surface area contributed by atoms with Crippen molar-refractivity contribution in [1.29, 1.82) is 0 Å². The second kappa shape index (κ2) is 6.07. The Hall–Kier alpha value is -1.54. The van der Waals surface area contributed by atoms with Crippen LogP contribution in [0.3, 0.4) is 0 Å². The van der Waals surface area contributed by atoms with Gasteiger partial charge in [-0.1, -0.05) is 23.9 Å². The van der Waals surface area contributed by atoms with Gasteiger partial charge in [0.2, 0.25) is 11.9 Å². The summed E-state index contributed by atoms with van der Waals surface area (Å²) in [6.07, 6.45) is 2.19. The summed E-state index contributed by atoms with van der Waals surface area (Å²) < 4.78 is 2.77. The van der Waals surface area contributed by atoms with Crippen molar-refractivity contribution in [3.8, 4) is 0 Å². The van der Waals surface area contributed by atoms with E-state index in [1.807, 2.05) is 28.8 Å². The summed E-state index contributed by atoms with van der Waals surface area (Å²) >= 11 is 4.75. The Labute approximate surface area is 134 Å². The van der Waals surface area contributed by atoms with Gasteiger partial charge in [-0.2, -0.15) is 0 Å². The highest BCUT2D eigenvalue weighted by atomic mass is 79.9. The zero-order valence-corrected chi connectivity index (χ0v) is 13.5. The lowest BCUT2D eigenvalue weighted by atomic mass is 10.3. The topological polar surface area (TPSA) is 85.8 Å². The van der Waals surface area contributed by atoms with E-state index in [4.69, 9.17) is 5.73 Å². The first-order valence-corrected chi connectivity index (χ1v) is 8.30. The number of hydrogen-bond donors (Lipinski definition) is 2. The first-order valence-electron chi connectivity index (χ1n) is 6.52. The van der Waals surface area contributed by atoms with Crippen LogP contribution >= 0.6 is 27.7 Å². The normalized spacial score (nSPS) is 14.1. The van der Waals surface area contributed by atoms with Gasteiger partial charge in [-0.05, 0) is 40.9 Å². The van der Waals surface area contributed by atoms with Crippen LogP contribution in [0.1, 0.15) is 18.9 Å². The van der Waals surface area contributed by atoms with Crippen molar-refractivity contribution < 1.29 is 4.79 Å². The minimum absolute atomic E-state index is 0.0872. The summed E-state index contributed by atoms with van der Waals surface area (Å²) in [6, 6.07) is 7.89. The number of para-hydroxylation sites is 1. The molecule has 3 N–H and O–H groups in total. The maximum absolute atomic E-state index is 12.0. The molecule has 3 rings (SSSR count). The number of rotatable bonds is 5. The molecular weight excluding hydrogens is 354 g/mol. The number of thioether (sulfide) groups is 1. The third kappa shape index (κ3) is 3.38. The number of carbonyl (C=O) groups excluding carboxylic acids is 1. The third-order valence-corrected chi connectivity index (χ3v) is 4.72. The number of benzene rings is 1. The summed E-state index contributed by atoms with van der Waals surface area (Å²) in [6.45, 7) is 0. The SMILES string of the molecule is Nc1nnc(SCC(=O)Nc2ccccc2Br)n1C1CC1. The minimum atomic E-state index is -0.0872. The van der Waals surface area contributed by atoms with Crippen molar-refractivity contribution in [1.82, 2.24) is 14.8 Å². The molecule has 6 nitrogen and oxygen atoms in total. The van der Waals surface area contributed by atoms with Gasteiger partial charge in [0.25, 0.3) is 0 Å². The van der Waals surface area contributed by atoms with Crippen LogP contribution in [0.2, 0.25) is 0 Å². The van der Waals surface area contributed by atoms with Crippen LogP contribution in [0.15, 0.2) is 33.9 Å². The number of nitrogen functional groups attached to an aromatic ring is 1. The molecule has 1 heterocycles. The van der Waals surface area contributed by atoms with Crippen molar-refractivity contribution in [2.75, 3.05) is 16.8 Å². The fourth-order valence-electron chi connectivity index (χ4n) is 1.94. The molecule has 2 aromatic rings. The van der Waals surface area contributed by atoms with Crippen LogP contribution in [-0.2, 0) is 4.79 Å². The molecule has 21 heavy (non-hydrogen) atoms. The second-order valence-corrected chi connectivity index (χ2v) is 6.56. The molecule has 1 aliphatic carbocycles. The van der Waals surface area contributed by atoms with Gasteiger partial charge in [0, 0.05) is 10.5 Å². The quantitative estimate of drug-likeness (QED) is 0.793. The van der Waals surface area contributed by atoms with E-state index in [9.17, 15) is 4.79 Å². The van der Waals surface area contributed by atoms with Gasteiger partial charge in [0.1, 0.15) is 0 Å². The lowest BCUT2D eigenvalue weighted by Crippen LogP contribution is -2.15. The number of nitrogens with one attached hydrogen (secondary N) is 1. The highest BCUT2D eigenvalue weighted by molar-refractivity contribution is 9.10. The average Bonchev–Trinajstić information content (AvgIpc) is 3.23. The van der Waals surface area contributed by atoms with E-state index in [0.29, 0.717) is 17.1 Å². The smallest absolute Gasteiger partial charge is 0.234 e. The predicted octanol–water partition coefficient (Wildman–Crippen LogP) is 2.69. The number of amides is 1. The first kappa shape index (κ1) is 14.4. The fraction of sp³-hybridized carbons (Fsp3) is 0.308. The van der Waals surface area contributed by atoms with Crippen molar-refractivity contribution in [2.45, 2.75) is 24.0 Å². The van der Waals surface area contributed by atoms with Crippen LogP contribution < -0.4 is 11.1 Å². The number of anilines is 2. The van der Waals surface area contributed by atoms with Crippen LogP contribution in [0.4, 0.5) is 11.6 Å². The Bertz CT molecular complexity index is 670. The van der Waals surface area contributed by atoms with Gasteiger partial charge >= 0.3 is 0 Å². The Kier molecular flexibility index (Phi) is 4.16. The summed E-state index contributed by atoms with van der Waals surface area (Å²) in [5, 5.41) is 11.5. The Morgan fingerprint density at radius 2 is 2.19 bits per heavy atom. The largest absolute Gasteiger partial charge is 0.368 e. The molecular formula is C13H14BrN5OS. The van der Waals surface area contributed by atoms with E-state index >= 15 is 0 Å². The molecule has 1 aliphatic rings. The molecule has 0 radical (unpaired) electrons. The van der Waals surface area contributed by atoms with E-state index in [-0.39, 0.29) is 11.7 Å². The van der Waals surface area contributed by atoms with E-state index in [1.54, 1.807) is 0 Å².